The Bertz CT molecular complexity index is 690. The molecule has 3 heterocycles. The van der Waals surface area contributed by atoms with Gasteiger partial charge < -0.3 is 20.1 Å². The summed E-state index contributed by atoms with van der Waals surface area (Å²) in [6.07, 6.45) is 0.407. The van der Waals surface area contributed by atoms with E-state index in [0.29, 0.717) is 31.1 Å². The minimum atomic E-state index is -0.937. The molecule has 142 valence electrons. The number of hydrogen-bond donors (Lipinski definition) is 2. The summed E-state index contributed by atoms with van der Waals surface area (Å²) in [5.41, 5.74) is -0.937. The molecule has 3 rings (SSSR count). The fraction of sp³-hybridized carbons (Fsp3) is 0.611. The molecule has 0 aliphatic carbocycles. The fourth-order valence-corrected chi connectivity index (χ4v) is 4.42. The van der Waals surface area contributed by atoms with E-state index in [4.69, 9.17) is 4.74 Å². The SMILES string of the molecule is CC(C)C(NC(=O)c1cccs1)C(=O)N1C[C@H]2COCC[C@@]2(C(=O)O)C1. The van der Waals surface area contributed by atoms with E-state index in [9.17, 15) is 19.5 Å². The van der Waals surface area contributed by atoms with Gasteiger partial charge in [-0.3, -0.25) is 14.4 Å². The number of amides is 2. The summed E-state index contributed by atoms with van der Waals surface area (Å²) in [7, 11) is 0. The van der Waals surface area contributed by atoms with Crippen LogP contribution in [0.15, 0.2) is 17.5 Å². The van der Waals surface area contributed by atoms with Crippen LogP contribution >= 0.6 is 11.3 Å². The minimum Gasteiger partial charge on any atom is -0.481 e. The van der Waals surface area contributed by atoms with E-state index in [0.717, 1.165) is 0 Å². The molecule has 2 aliphatic rings. The van der Waals surface area contributed by atoms with Crippen molar-refractivity contribution in [1.82, 2.24) is 10.2 Å². The number of nitrogens with zero attached hydrogens (tertiary/aromatic N) is 1. The van der Waals surface area contributed by atoms with Crippen molar-refractivity contribution < 1.29 is 24.2 Å². The van der Waals surface area contributed by atoms with Gasteiger partial charge in [-0.25, -0.2) is 0 Å². The quantitative estimate of drug-likeness (QED) is 0.806. The van der Waals surface area contributed by atoms with E-state index in [1.807, 2.05) is 19.2 Å². The van der Waals surface area contributed by atoms with E-state index >= 15 is 0 Å². The van der Waals surface area contributed by atoms with Gasteiger partial charge >= 0.3 is 5.97 Å². The second-order valence-electron chi connectivity index (χ2n) is 7.37. The monoisotopic (exact) mass is 380 g/mol. The van der Waals surface area contributed by atoms with Crippen LogP contribution in [0.4, 0.5) is 0 Å². The van der Waals surface area contributed by atoms with Gasteiger partial charge in [0.15, 0.2) is 0 Å². The van der Waals surface area contributed by atoms with E-state index in [1.165, 1.54) is 11.3 Å². The van der Waals surface area contributed by atoms with Crippen molar-refractivity contribution in [1.29, 1.82) is 0 Å². The highest BCUT2D eigenvalue weighted by molar-refractivity contribution is 7.12. The average molecular weight is 380 g/mol. The normalized spacial score (nSPS) is 26.4. The van der Waals surface area contributed by atoms with Crippen molar-refractivity contribution >= 4 is 29.1 Å². The Morgan fingerprint density at radius 1 is 1.42 bits per heavy atom. The predicted octanol–water partition coefficient (Wildman–Crippen LogP) is 1.45. The molecule has 7 nitrogen and oxygen atoms in total. The predicted molar refractivity (Wildman–Crippen MR) is 96.0 cm³/mol. The van der Waals surface area contributed by atoms with Crippen LogP contribution in [-0.2, 0) is 14.3 Å². The van der Waals surface area contributed by atoms with E-state index < -0.39 is 17.4 Å². The molecule has 2 aliphatic heterocycles. The molecule has 0 saturated carbocycles. The van der Waals surface area contributed by atoms with Gasteiger partial charge in [-0.2, -0.15) is 0 Å². The van der Waals surface area contributed by atoms with Crippen molar-refractivity contribution in [2.45, 2.75) is 26.3 Å². The highest BCUT2D eigenvalue weighted by atomic mass is 32.1. The van der Waals surface area contributed by atoms with Crippen LogP contribution in [0.2, 0.25) is 0 Å². The number of nitrogens with one attached hydrogen (secondary N) is 1. The molecule has 0 radical (unpaired) electrons. The van der Waals surface area contributed by atoms with Gasteiger partial charge in [-0.1, -0.05) is 19.9 Å². The average Bonchev–Trinajstić information content (AvgIpc) is 3.26. The van der Waals surface area contributed by atoms with Gasteiger partial charge in [0.05, 0.1) is 16.9 Å². The number of rotatable bonds is 5. The molecule has 2 amide bonds. The zero-order chi connectivity index (χ0) is 18.9. The first kappa shape index (κ1) is 18.8. The number of carbonyl (C=O) groups is 3. The van der Waals surface area contributed by atoms with Crippen LogP contribution in [0, 0.1) is 17.3 Å². The van der Waals surface area contributed by atoms with Crippen molar-refractivity contribution in [2.24, 2.45) is 17.3 Å². The number of fused-ring (bicyclic) bond motifs is 1. The summed E-state index contributed by atoms with van der Waals surface area (Å²) in [6.45, 7) is 5.01. The van der Waals surface area contributed by atoms with Gasteiger partial charge in [-0.15, -0.1) is 11.3 Å². The molecule has 8 heteroatoms. The lowest BCUT2D eigenvalue weighted by Crippen LogP contribution is -2.51. The van der Waals surface area contributed by atoms with Crippen LogP contribution < -0.4 is 5.32 Å². The van der Waals surface area contributed by atoms with Gasteiger partial charge in [0.1, 0.15) is 6.04 Å². The van der Waals surface area contributed by atoms with Crippen molar-refractivity contribution in [2.75, 3.05) is 26.3 Å². The number of aliphatic carboxylic acids is 1. The van der Waals surface area contributed by atoms with Gasteiger partial charge in [0.25, 0.3) is 5.91 Å². The van der Waals surface area contributed by atoms with Crippen LogP contribution in [0.25, 0.3) is 0 Å². The summed E-state index contributed by atoms with van der Waals surface area (Å²) >= 11 is 1.32. The molecule has 2 saturated heterocycles. The standard InChI is InChI=1S/C18H24N2O5S/c1-11(2)14(19-15(21)13-4-3-7-26-13)16(22)20-8-12-9-25-6-5-18(12,10-20)17(23)24/h3-4,7,11-12,14H,5-6,8-10H2,1-2H3,(H,19,21)(H,23,24)/t12-,14?,18+/m0/s1. The van der Waals surface area contributed by atoms with Gasteiger partial charge in [0, 0.05) is 25.6 Å². The summed E-state index contributed by atoms with van der Waals surface area (Å²) < 4.78 is 5.44. The Morgan fingerprint density at radius 3 is 2.77 bits per heavy atom. The maximum atomic E-state index is 13.1. The Balaban J connectivity index is 1.75. The number of hydrogen-bond acceptors (Lipinski definition) is 5. The number of carboxylic acid groups (broad SMARTS) is 1. The Kier molecular flexibility index (Phi) is 5.34. The van der Waals surface area contributed by atoms with Crippen molar-refractivity contribution in [3.8, 4) is 0 Å². The summed E-state index contributed by atoms with van der Waals surface area (Å²) in [6, 6.07) is 2.81. The van der Waals surface area contributed by atoms with Crippen LogP contribution in [0.1, 0.15) is 29.9 Å². The highest BCUT2D eigenvalue weighted by Gasteiger charge is 2.55. The molecule has 2 fully saturated rings. The molecular formula is C18H24N2O5S. The molecule has 0 bridgehead atoms. The third kappa shape index (κ3) is 3.35. The molecule has 0 spiro atoms. The number of carbonyl (C=O) groups excluding carboxylic acids is 2. The minimum absolute atomic E-state index is 0.105. The van der Waals surface area contributed by atoms with E-state index in [2.05, 4.69) is 5.32 Å². The third-order valence-electron chi connectivity index (χ3n) is 5.41. The third-order valence-corrected chi connectivity index (χ3v) is 6.28. The van der Waals surface area contributed by atoms with Crippen molar-refractivity contribution in [3.05, 3.63) is 22.4 Å². The zero-order valence-corrected chi connectivity index (χ0v) is 15.8. The molecule has 26 heavy (non-hydrogen) atoms. The lowest BCUT2D eigenvalue weighted by molar-refractivity contribution is -0.157. The molecule has 2 N–H and O–H groups in total. The molecule has 0 aromatic carbocycles. The maximum Gasteiger partial charge on any atom is 0.311 e. The lowest BCUT2D eigenvalue weighted by Gasteiger charge is -2.34. The second kappa shape index (κ2) is 7.36. The fourth-order valence-electron chi connectivity index (χ4n) is 3.80. The Labute approximate surface area is 156 Å². The van der Waals surface area contributed by atoms with Gasteiger partial charge in [0.2, 0.25) is 5.91 Å². The highest BCUT2D eigenvalue weighted by Crippen LogP contribution is 2.42. The van der Waals surface area contributed by atoms with Crippen LogP contribution in [0.3, 0.4) is 0 Å². The number of carboxylic acids is 1. The Morgan fingerprint density at radius 2 is 2.19 bits per heavy atom. The summed E-state index contributed by atoms with van der Waals surface area (Å²) in [5, 5.41) is 14.4. The first-order valence-electron chi connectivity index (χ1n) is 8.79. The molecule has 1 aromatic heterocycles. The topological polar surface area (TPSA) is 95.9 Å². The molecule has 1 aromatic rings. The van der Waals surface area contributed by atoms with Crippen LogP contribution in [0.5, 0.6) is 0 Å². The van der Waals surface area contributed by atoms with Gasteiger partial charge in [-0.05, 0) is 23.8 Å². The summed E-state index contributed by atoms with van der Waals surface area (Å²) in [5.74, 6) is -1.69. The Hall–Kier alpha value is -1.93. The number of thiophene rings is 1. The molecular weight excluding hydrogens is 356 g/mol. The lowest BCUT2D eigenvalue weighted by atomic mass is 9.74. The molecule has 1 unspecified atom stereocenters. The van der Waals surface area contributed by atoms with Crippen LogP contribution in [-0.4, -0.2) is 60.1 Å². The maximum absolute atomic E-state index is 13.1. The van der Waals surface area contributed by atoms with Crippen molar-refractivity contribution in [3.63, 3.8) is 0 Å². The van der Waals surface area contributed by atoms with E-state index in [1.54, 1.807) is 17.0 Å². The zero-order valence-electron chi connectivity index (χ0n) is 14.9. The summed E-state index contributed by atoms with van der Waals surface area (Å²) in [4.78, 5) is 39.5. The second-order valence-corrected chi connectivity index (χ2v) is 8.32. The first-order valence-corrected chi connectivity index (χ1v) is 9.67. The number of likely N-dealkylation sites (tertiary alicyclic amines) is 1. The smallest absolute Gasteiger partial charge is 0.311 e. The number of ether oxygens (including phenoxy) is 1. The van der Waals surface area contributed by atoms with E-state index in [-0.39, 0.29) is 30.2 Å². The first-order chi connectivity index (χ1) is 12.3. The molecule has 3 atom stereocenters. The largest absolute Gasteiger partial charge is 0.481 e.